The Morgan fingerprint density at radius 1 is 1.21 bits per heavy atom. The van der Waals surface area contributed by atoms with Crippen molar-refractivity contribution in [3.63, 3.8) is 0 Å². The molecule has 1 spiro atoms. The standard InChI is InChI=1S/C22H31N5O2/c1-5-25-10-8-22(9-11-25)15-26(13-19-12-16(2)6-7-20(19)29-22)21(28)14-27-18(4)23-17(3)24-27/h6-7,12H,5,8-11,13-15H2,1-4H3. The third kappa shape index (κ3) is 4.15. The van der Waals surface area contributed by atoms with E-state index in [-0.39, 0.29) is 18.1 Å². The van der Waals surface area contributed by atoms with Crippen LogP contribution in [-0.2, 0) is 17.9 Å². The lowest BCUT2D eigenvalue weighted by Gasteiger charge is -2.42. The monoisotopic (exact) mass is 397 g/mol. The van der Waals surface area contributed by atoms with Gasteiger partial charge in [0.1, 0.15) is 29.5 Å². The molecule has 2 aliphatic heterocycles. The average molecular weight is 398 g/mol. The van der Waals surface area contributed by atoms with Gasteiger partial charge < -0.3 is 14.5 Å². The second kappa shape index (κ2) is 7.78. The van der Waals surface area contributed by atoms with Crippen molar-refractivity contribution in [2.24, 2.45) is 0 Å². The number of ether oxygens (including phenoxy) is 1. The molecule has 1 aromatic heterocycles. The van der Waals surface area contributed by atoms with Gasteiger partial charge in [-0.25, -0.2) is 9.67 Å². The van der Waals surface area contributed by atoms with Gasteiger partial charge in [-0.1, -0.05) is 24.6 Å². The van der Waals surface area contributed by atoms with Gasteiger partial charge in [-0.3, -0.25) is 4.79 Å². The number of rotatable bonds is 3. The Hall–Kier alpha value is -2.41. The predicted octanol–water partition coefficient (Wildman–Crippen LogP) is 2.48. The Kier molecular flexibility index (Phi) is 5.34. The zero-order valence-electron chi connectivity index (χ0n) is 17.9. The molecule has 1 amide bonds. The summed E-state index contributed by atoms with van der Waals surface area (Å²) in [5, 5.41) is 4.37. The van der Waals surface area contributed by atoms with E-state index in [1.807, 2.05) is 18.7 Å². The number of likely N-dealkylation sites (tertiary alicyclic amines) is 1. The van der Waals surface area contributed by atoms with E-state index < -0.39 is 0 Å². The summed E-state index contributed by atoms with van der Waals surface area (Å²) in [4.78, 5) is 22.0. The smallest absolute Gasteiger partial charge is 0.244 e. The molecule has 1 fully saturated rings. The van der Waals surface area contributed by atoms with E-state index in [4.69, 9.17) is 4.74 Å². The number of aromatic nitrogens is 3. The summed E-state index contributed by atoms with van der Waals surface area (Å²) in [5.74, 6) is 2.44. The number of aryl methyl sites for hydroxylation is 3. The van der Waals surface area contributed by atoms with Gasteiger partial charge in [0.2, 0.25) is 5.91 Å². The molecule has 7 heteroatoms. The van der Waals surface area contributed by atoms with Crippen LogP contribution in [0.1, 0.15) is 42.5 Å². The van der Waals surface area contributed by atoms with E-state index in [1.54, 1.807) is 4.68 Å². The van der Waals surface area contributed by atoms with Crippen LogP contribution in [0.25, 0.3) is 0 Å². The first-order chi connectivity index (χ1) is 13.9. The molecule has 0 N–H and O–H groups in total. The van der Waals surface area contributed by atoms with Gasteiger partial charge in [0.05, 0.1) is 6.54 Å². The number of hydrogen-bond donors (Lipinski definition) is 0. The zero-order chi connectivity index (χ0) is 20.6. The van der Waals surface area contributed by atoms with E-state index in [1.165, 1.54) is 5.56 Å². The highest BCUT2D eigenvalue weighted by atomic mass is 16.5. The minimum absolute atomic E-state index is 0.0632. The average Bonchev–Trinajstić information content (AvgIpc) is 2.91. The maximum Gasteiger partial charge on any atom is 0.244 e. The maximum absolute atomic E-state index is 13.3. The lowest BCUT2D eigenvalue weighted by molar-refractivity contribution is -0.136. The van der Waals surface area contributed by atoms with Crippen LogP contribution in [0.5, 0.6) is 5.75 Å². The topological polar surface area (TPSA) is 63.5 Å². The van der Waals surface area contributed by atoms with Gasteiger partial charge in [-0.2, -0.15) is 5.10 Å². The molecular weight excluding hydrogens is 366 g/mol. The number of amides is 1. The van der Waals surface area contributed by atoms with Crippen LogP contribution in [0.15, 0.2) is 18.2 Å². The van der Waals surface area contributed by atoms with Gasteiger partial charge in [-0.15, -0.1) is 0 Å². The number of piperidine rings is 1. The molecule has 0 atom stereocenters. The summed E-state index contributed by atoms with van der Waals surface area (Å²) in [6.45, 7) is 12.5. The molecule has 1 aromatic carbocycles. The fourth-order valence-electron chi connectivity index (χ4n) is 4.46. The first kappa shape index (κ1) is 19.9. The van der Waals surface area contributed by atoms with Crippen molar-refractivity contribution >= 4 is 5.91 Å². The van der Waals surface area contributed by atoms with E-state index in [0.717, 1.165) is 49.6 Å². The summed E-state index contributed by atoms with van der Waals surface area (Å²) >= 11 is 0. The molecule has 0 bridgehead atoms. The number of benzene rings is 1. The van der Waals surface area contributed by atoms with Gasteiger partial charge in [0.25, 0.3) is 0 Å². The highest BCUT2D eigenvalue weighted by Crippen LogP contribution is 2.36. The first-order valence-corrected chi connectivity index (χ1v) is 10.5. The Bertz CT molecular complexity index is 899. The quantitative estimate of drug-likeness (QED) is 0.796. The number of fused-ring (bicyclic) bond motifs is 1. The summed E-state index contributed by atoms with van der Waals surface area (Å²) in [5.41, 5.74) is 1.94. The predicted molar refractivity (Wildman–Crippen MR) is 111 cm³/mol. The Morgan fingerprint density at radius 2 is 1.97 bits per heavy atom. The minimum atomic E-state index is -0.324. The fourth-order valence-corrected chi connectivity index (χ4v) is 4.46. The van der Waals surface area contributed by atoms with Crippen LogP contribution in [-0.4, -0.2) is 62.3 Å². The minimum Gasteiger partial charge on any atom is -0.485 e. The zero-order valence-corrected chi connectivity index (χ0v) is 17.9. The molecule has 1 saturated heterocycles. The third-order valence-electron chi connectivity index (χ3n) is 6.20. The van der Waals surface area contributed by atoms with Crippen LogP contribution in [0.3, 0.4) is 0 Å². The normalized spacial score (nSPS) is 19.0. The molecule has 0 unspecified atom stereocenters. The summed E-state index contributed by atoms with van der Waals surface area (Å²) in [6, 6.07) is 6.30. The van der Waals surface area contributed by atoms with E-state index in [9.17, 15) is 4.79 Å². The number of nitrogens with zero attached hydrogens (tertiary/aromatic N) is 5. The van der Waals surface area contributed by atoms with E-state index >= 15 is 0 Å². The lowest BCUT2D eigenvalue weighted by atomic mass is 9.90. The Balaban J connectivity index is 1.62. The SMILES string of the molecule is CCN1CCC2(CC1)CN(C(=O)Cn1nc(C)nc1C)Cc1cc(C)ccc1O2. The van der Waals surface area contributed by atoms with Crippen molar-refractivity contribution in [3.8, 4) is 5.75 Å². The van der Waals surface area contributed by atoms with Crippen LogP contribution in [0.2, 0.25) is 0 Å². The molecular formula is C22H31N5O2. The summed E-state index contributed by atoms with van der Waals surface area (Å²) in [6.07, 6.45) is 1.86. The van der Waals surface area contributed by atoms with Crippen LogP contribution in [0.4, 0.5) is 0 Å². The maximum atomic E-state index is 13.3. The summed E-state index contributed by atoms with van der Waals surface area (Å²) < 4.78 is 8.34. The number of hydrogen-bond acceptors (Lipinski definition) is 5. The highest BCUT2D eigenvalue weighted by molar-refractivity contribution is 5.76. The molecule has 29 heavy (non-hydrogen) atoms. The van der Waals surface area contributed by atoms with Crippen molar-refractivity contribution < 1.29 is 9.53 Å². The molecule has 156 valence electrons. The highest BCUT2D eigenvalue weighted by Gasteiger charge is 2.41. The fraction of sp³-hybridized carbons (Fsp3) is 0.591. The van der Waals surface area contributed by atoms with Crippen molar-refractivity contribution in [2.45, 2.75) is 59.2 Å². The van der Waals surface area contributed by atoms with Gasteiger partial charge in [-0.05, 0) is 33.4 Å². The summed E-state index contributed by atoms with van der Waals surface area (Å²) in [7, 11) is 0. The largest absolute Gasteiger partial charge is 0.485 e. The molecule has 3 heterocycles. The lowest BCUT2D eigenvalue weighted by Crippen LogP contribution is -2.54. The molecule has 0 saturated carbocycles. The molecule has 0 aliphatic carbocycles. The molecule has 2 aliphatic rings. The van der Waals surface area contributed by atoms with Crippen molar-refractivity contribution in [3.05, 3.63) is 41.0 Å². The van der Waals surface area contributed by atoms with Crippen LogP contribution in [0, 0.1) is 20.8 Å². The molecule has 4 rings (SSSR count). The second-order valence-corrected chi connectivity index (χ2v) is 8.44. The Labute approximate surface area is 172 Å². The molecule has 2 aromatic rings. The van der Waals surface area contributed by atoms with Crippen LogP contribution < -0.4 is 4.74 Å². The van der Waals surface area contributed by atoms with Crippen molar-refractivity contribution in [1.82, 2.24) is 24.6 Å². The molecule has 0 radical (unpaired) electrons. The second-order valence-electron chi connectivity index (χ2n) is 8.44. The van der Waals surface area contributed by atoms with Crippen LogP contribution >= 0.6 is 0 Å². The Morgan fingerprint density at radius 3 is 2.62 bits per heavy atom. The van der Waals surface area contributed by atoms with E-state index in [2.05, 4.69) is 47.0 Å². The molecule has 7 nitrogen and oxygen atoms in total. The van der Waals surface area contributed by atoms with Crippen molar-refractivity contribution in [2.75, 3.05) is 26.2 Å². The van der Waals surface area contributed by atoms with Gasteiger partial charge >= 0.3 is 0 Å². The van der Waals surface area contributed by atoms with Crippen molar-refractivity contribution in [1.29, 1.82) is 0 Å². The first-order valence-electron chi connectivity index (χ1n) is 10.5. The number of carbonyl (C=O) groups is 1. The van der Waals surface area contributed by atoms with E-state index in [0.29, 0.717) is 18.9 Å². The van der Waals surface area contributed by atoms with Gasteiger partial charge in [0.15, 0.2) is 0 Å². The van der Waals surface area contributed by atoms with Gasteiger partial charge in [0, 0.05) is 38.0 Å². The third-order valence-corrected chi connectivity index (χ3v) is 6.20. The number of carbonyl (C=O) groups excluding carboxylic acids is 1.